The highest BCUT2D eigenvalue weighted by Crippen LogP contribution is 2.20. The lowest BCUT2D eigenvalue weighted by Crippen LogP contribution is -2.42. The van der Waals surface area contributed by atoms with Crippen molar-refractivity contribution in [2.45, 2.75) is 32.4 Å². The van der Waals surface area contributed by atoms with Gasteiger partial charge in [0.15, 0.2) is 0 Å². The molecular formula is C13H24N2O4. The summed E-state index contributed by atoms with van der Waals surface area (Å²) in [5, 5.41) is 2.86. The minimum absolute atomic E-state index is 0.00620. The van der Waals surface area contributed by atoms with Gasteiger partial charge in [-0.25, -0.2) is 0 Å². The van der Waals surface area contributed by atoms with Crippen LogP contribution in [-0.2, 0) is 19.1 Å². The maximum Gasteiger partial charge on any atom is 0.225 e. The molecule has 1 N–H and O–H groups in total. The molecule has 6 nitrogen and oxygen atoms in total. The maximum atomic E-state index is 12.0. The number of hydrogen-bond donors (Lipinski definition) is 1. The second-order valence-electron chi connectivity index (χ2n) is 5.12. The summed E-state index contributed by atoms with van der Waals surface area (Å²) < 4.78 is 10.0. The topological polar surface area (TPSA) is 67.9 Å². The van der Waals surface area contributed by atoms with E-state index in [1.54, 1.807) is 19.1 Å². The molecule has 0 spiro atoms. The zero-order valence-electron chi connectivity index (χ0n) is 12.1. The zero-order valence-corrected chi connectivity index (χ0v) is 12.1. The molecule has 1 saturated heterocycles. The van der Waals surface area contributed by atoms with Crippen molar-refractivity contribution in [2.75, 3.05) is 34.0 Å². The van der Waals surface area contributed by atoms with E-state index in [-0.39, 0.29) is 36.2 Å². The van der Waals surface area contributed by atoms with Gasteiger partial charge in [0.05, 0.1) is 25.2 Å². The van der Waals surface area contributed by atoms with Crippen LogP contribution in [0.1, 0.15) is 20.3 Å². The van der Waals surface area contributed by atoms with Crippen LogP contribution < -0.4 is 5.32 Å². The van der Waals surface area contributed by atoms with Crippen molar-refractivity contribution in [3.63, 3.8) is 0 Å². The molecule has 1 aliphatic heterocycles. The number of carbonyl (C=O) groups excluding carboxylic acids is 2. The summed E-state index contributed by atoms with van der Waals surface area (Å²) in [5.41, 5.74) is 0. The average Bonchev–Trinajstić information content (AvgIpc) is 2.72. The van der Waals surface area contributed by atoms with Crippen molar-refractivity contribution < 1.29 is 19.1 Å². The van der Waals surface area contributed by atoms with E-state index in [1.165, 1.54) is 0 Å². The van der Waals surface area contributed by atoms with Gasteiger partial charge in [-0.05, 0) is 13.8 Å². The van der Waals surface area contributed by atoms with Crippen molar-refractivity contribution in [3.8, 4) is 0 Å². The molecule has 110 valence electrons. The quantitative estimate of drug-likeness (QED) is 0.709. The van der Waals surface area contributed by atoms with Gasteiger partial charge in [0.2, 0.25) is 11.8 Å². The molecule has 1 rings (SSSR count). The number of likely N-dealkylation sites (tertiary alicyclic amines) is 1. The molecule has 3 atom stereocenters. The van der Waals surface area contributed by atoms with E-state index in [4.69, 9.17) is 9.47 Å². The number of methoxy groups -OCH3 is 2. The number of nitrogens with zero attached hydrogens (tertiary/aromatic N) is 1. The fourth-order valence-electron chi connectivity index (χ4n) is 2.32. The molecule has 1 heterocycles. The van der Waals surface area contributed by atoms with Crippen molar-refractivity contribution in [2.24, 2.45) is 5.92 Å². The standard InChI is InChI=1S/C13H24N2O4/c1-9(7-18-3)14-13(17)11-5-12(16)15(6-11)10(2)8-19-4/h9-11H,5-8H2,1-4H3,(H,14,17)/t9-,10+,11-/m1/s1. The van der Waals surface area contributed by atoms with E-state index in [0.717, 1.165) is 0 Å². The minimum atomic E-state index is -0.272. The molecular weight excluding hydrogens is 248 g/mol. The van der Waals surface area contributed by atoms with Crippen molar-refractivity contribution in [1.29, 1.82) is 0 Å². The summed E-state index contributed by atoms with van der Waals surface area (Å²) >= 11 is 0. The van der Waals surface area contributed by atoms with Crippen LogP contribution in [0.15, 0.2) is 0 Å². The third-order valence-electron chi connectivity index (χ3n) is 3.27. The molecule has 0 aromatic carbocycles. The lowest BCUT2D eigenvalue weighted by atomic mass is 10.1. The predicted molar refractivity (Wildman–Crippen MR) is 70.6 cm³/mol. The van der Waals surface area contributed by atoms with Gasteiger partial charge >= 0.3 is 0 Å². The Balaban J connectivity index is 2.49. The molecule has 0 aliphatic carbocycles. The smallest absolute Gasteiger partial charge is 0.225 e. The van der Waals surface area contributed by atoms with Crippen LogP contribution in [0.2, 0.25) is 0 Å². The Morgan fingerprint density at radius 3 is 2.58 bits per heavy atom. The first kappa shape index (κ1) is 15.9. The van der Waals surface area contributed by atoms with Gasteiger partial charge in [-0.2, -0.15) is 0 Å². The van der Waals surface area contributed by atoms with Gasteiger partial charge in [-0.1, -0.05) is 0 Å². The van der Waals surface area contributed by atoms with Crippen LogP contribution in [0.4, 0.5) is 0 Å². The highest BCUT2D eigenvalue weighted by Gasteiger charge is 2.36. The Kier molecular flexibility index (Phi) is 6.24. The summed E-state index contributed by atoms with van der Waals surface area (Å²) in [5.74, 6) is -0.333. The van der Waals surface area contributed by atoms with Gasteiger partial charge < -0.3 is 19.7 Å². The first-order valence-corrected chi connectivity index (χ1v) is 6.57. The van der Waals surface area contributed by atoms with Gasteiger partial charge in [0, 0.05) is 33.2 Å². The first-order valence-electron chi connectivity index (χ1n) is 6.57. The van der Waals surface area contributed by atoms with Gasteiger partial charge in [0.25, 0.3) is 0 Å². The second kappa shape index (κ2) is 7.45. The van der Waals surface area contributed by atoms with Crippen molar-refractivity contribution in [1.82, 2.24) is 10.2 Å². The molecule has 0 radical (unpaired) electrons. The number of rotatable bonds is 7. The van der Waals surface area contributed by atoms with Crippen molar-refractivity contribution >= 4 is 11.8 Å². The largest absolute Gasteiger partial charge is 0.383 e. The summed E-state index contributed by atoms with van der Waals surface area (Å²) in [6.07, 6.45) is 0.277. The Morgan fingerprint density at radius 1 is 1.37 bits per heavy atom. The molecule has 0 saturated carbocycles. The Morgan fingerprint density at radius 2 is 2.00 bits per heavy atom. The SMILES string of the molecule is COC[C@@H](C)NC(=O)[C@@H]1CC(=O)N([C@@H](C)COC)C1. The third-order valence-corrected chi connectivity index (χ3v) is 3.27. The van der Waals surface area contributed by atoms with Crippen LogP contribution in [0.5, 0.6) is 0 Å². The van der Waals surface area contributed by atoms with Crippen LogP contribution in [0.3, 0.4) is 0 Å². The molecule has 0 aromatic rings. The van der Waals surface area contributed by atoms with Crippen LogP contribution in [-0.4, -0.2) is 62.8 Å². The number of nitrogens with one attached hydrogen (secondary N) is 1. The Labute approximate surface area is 114 Å². The van der Waals surface area contributed by atoms with Crippen molar-refractivity contribution in [3.05, 3.63) is 0 Å². The van der Waals surface area contributed by atoms with Gasteiger partial charge in [0.1, 0.15) is 0 Å². The normalized spacial score (nSPS) is 22.4. The monoisotopic (exact) mass is 272 g/mol. The fraction of sp³-hybridized carbons (Fsp3) is 0.846. The highest BCUT2D eigenvalue weighted by molar-refractivity contribution is 5.89. The van der Waals surface area contributed by atoms with E-state index in [0.29, 0.717) is 19.8 Å². The summed E-state index contributed by atoms with van der Waals surface area (Å²) in [4.78, 5) is 25.6. The molecule has 6 heteroatoms. The van der Waals surface area contributed by atoms with Gasteiger partial charge in [-0.15, -0.1) is 0 Å². The Bertz CT molecular complexity index is 322. The highest BCUT2D eigenvalue weighted by atomic mass is 16.5. The molecule has 19 heavy (non-hydrogen) atoms. The lowest BCUT2D eigenvalue weighted by molar-refractivity contribution is -0.131. The van der Waals surface area contributed by atoms with E-state index < -0.39 is 0 Å². The summed E-state index contributed by atoms with van der Waals surface area (Å²) in [6.45, 7) is 5.23. The van der Waals surface area contributed by atoms with E-state index in [2.05, 4.69) is 5.32 Å². The summed E-state index contributed by atoms with van der Waals surface area (Å²) in [7, 11) is 3.20. The molecule has 1 fully saturated rings. The third kappa shape index (κ3) is 4.47. The second-order valence-corrected chi connectivity index (χ2v) is 5.12. The minimum Gasteiger partial charge on any atom is -0.383 e. The zero-order chi connectivity index (χ0) is 14.4. The first-order chi connectivity index (χ1) is 8.99. The molecule has 0 aromatic heterocycles. The molecule has 2 amide bonds. The van der Waals surface area contributed by atoms with E-state index in [9.17, 15) is 9.59 Å². The lowest BCUT2D eigenvalue weighted by Gasteiger charge is -2.24. The van der Waals surface area contributed by atoms with Crippen LogP contribution in [0.25, 0.3) is 0 Å². The number of amides is 2. The number of hydrogen-bond acceptors (Lipinski definition) is 4. The number of ether oxygens (including phenoxy) is 2. The maximum absolute atomic E-state index is 12.0. The molecule has 0 unspecified atom stereocenters. The van der Waals surface area contributed by atoms with E-state index in [1.807, 2.05) is 13.8 Å². The van der Waals surface area contributed by atoms with Crippen LogP contribution in [0, 0.1) is 5.92 Å². The summed E-state index contributed by atoms with van der Waals surface area (Å²) in [6, 6.07) is -0.0373. The molecule has 0 bridgehead atoms. The van der Waals surface area contributed by atoms with E-state index >= 15 is 0 Å². The fourth-order valence-corrected chi connectivity index (χ4v) is 2.32. The predicted octanol–water partition coefficient (Wildman–Crippen LogP) is 0.0209. The average molecular weight is 272 g/mol. The van der Waals surface area contributed by atoms with Crippen LogP contribution >= 0.6 is 0 Å². The Hall–Kier alpha value is -1.14. The van der Waals surface area contributed by atoms with Gasteiger partial charge in [-0.3, -0.25) is 9.59 Å². The molecule has 1 aliphatic rings. The number of carbonyl (C=O) groups is 2.